The van der Waals surface area contributed by atoms with Crippen molar-refractivity contribution in [1.82, 2.24) is 14.5 Å². The van der Waals surface area contributed by atoms with Crippen molar-refractivity contribution in [2.24, 2.45) is 22.2 Å². The van der Waals surface area contributed by atoms with Crippen LogP contribution in [0.5, 0.6) is 5.75 Å². The Hall–Kier alpha value is -5.13. The molecule has 0 saturated carbocycles. The van der Waals surface area contributed by atoms with Crippen LogP contribution < -0.4 is 22.1 Å². The quantitative estimate of drug-likeness (QED) is 0.136. The van der Waals surface area contributed by atoms with Gasteiger partial charge in [0, 0.05) is 49.5 Å². The van der Waals surface area contributed by atoms with Gasteiger partial charge in [0.25, 0.3) is 5.91 Å². The van der Waals surface area contributed by atoms with Gasteiger partial charge in [-0.25, -0.2) is 9.37 Å². The molecular formula is C30H33FN8O3. The predicted molar refractivity (Wildman–Crippen MR) is 159 cm³/mol. The van der Waals surface area contributed by atoms with E-state index in [1.165, 1.54) is 12.1 Å². The largest absolute Gasteiger partial charge is 0.508 e. The van der Waals surface area contributed by atoms with Crippen LogP contribution in [0.1, 0.15) is 29.2 Å². The number of anilines is 1. The number of imidazole rings is 1. The van der Waals surface area contributed by atoms with Gasteiger partial charge in [-0.05, 0) is 67.4 Å². The lowest BCUT2D eigenvalue weighted by Gasteiger charge is -2.36. The number of nitrogens with zero attached hydrogens (tertiary/aromatic N) is 5. The van der Waals surface area contributed by atoms with E-state index in [2.05, 4.69) is 9.89 Å². The third kappa shape index (κ3) is 6.12. The second-order valence-corrected chi connectivity index (χ2v) is 10.2. The number of rotatable bonds is 9. The molecule has 1 unspecified atom stereocenters. The third-order valence-electron chi connectivity index (χ3n) is 7.37. The van der Waals surface area contributed by atoms with Crippen molar-refractivity contribution in [2.75, 3.05) is 37.6 Å². The Morgan fingerprint density at radius 3 is 2.38 bits per heavy atom. The molecule has 12 heteroatoms. The van der Waals surface area contributed by atoms with Crippen molar-refractivity contribution in [1.29, 1.82) is 0 Å². The van der Waals surface area contributed by atoms with E-state index in [9.17, 15) is 19.1 Å². The summed E-state index contributed by atoms with van der Waals surface area (Å²) in [6.45, 7) is 2.59. The molecule has 1 saturated heterocycles. The lowest BCUT2D eigenvalue weighted by atomic mass is 10.1. The summed E-state index contributed by atoms with van der Waals surface area (Å²) in [6.07, 6.45) is 0.841. The summed E-state index contributed by atoms with van der Waals surface area (Å²) >= 11 is 0. The number of guanidine groups is 1. The minimum Gasteiger partial charge on any atom is -0.508 e. The zero-order chi connectivity index (χ0) is 29.8. The number of piperazine rings is 1. The number of aromatic hydroxyl groups is 1. The topological polar surface area (TPSA) is 169 Å². The summed E-state index contributed by atoms with van der Waals surface area (Å²) in [7, 11) is 0. The molecule has 2 heterocycles. The molecular weight excluding hydrogens is 539 g/mol. The van der Waals surface area contributed by atoms with E-state index in [1.54, 1.807) is 64.1 Å². The molecule has 1 aliphatic heterocycles. The van der Waals surface area contributed by atoms with E-state index in [0.29, 0.717) is 73.6 Å². The van der Waals surface area contributed by atoms with E-state index >= 15 is 0 Å². The van der Waals surface area contributed by atoms with Crippen LogP contribution in [-0.2, 0) is 4.79 Å². The van der Waals surface area contributed by atoms with Gasteiger partial charge in [0.05, 0.1) is 11.0 Å². The lowest BCUT2D eigenvalue weighted by Crippen LogP contribution is -2.48. The van der Waals surface area contributed by atoms with E-state index < -0.39 is 11.9 Å². The van der Waals surface area contributed by atoms with Gasteiger partial charge in [-0.3, -0.25) is 14.6 Å². The van der Waals surface area contributed by atoms with Crippen LogP contribution in [0, 0.1) is 5.82 Å². The molecule has 218 valence electrons. The number of carbonyl (C=O) groups excluding carboxylic acids is 2. The summed E-state index contributed by atoms with van der Waals surface area (Å²) in [4.78, 5) is 38.9. The van der Waals surface area contributed by atoms with Crippen molar-refractivity contribution >= 4 is 34.5 Å². The Kier molecular flexibility index (Phi) is 8.23. The van der Waals surface area contributed by atoms with Gasteiger partial charge in [-0.2, -0.15) is 0 Å². The first-order valence-electron chi connectivity index (χ1n) is 13.7. The molecule has 5 rings (SSSR count). The number of hydrogen-bond acceptors (Lipinski definition) is 6. The molecule has 4 aromatic rings. The number of carbonyl (C=O) groups is 2. The number of amides is 2. The molecule has 2 amide bonds. The number of phenols is 1. The van der Waals surface area contributed by atoms with Crippen molar-refractivity contribution < 1.29 is 19.1 Å². The molecule has 42 heavy (non-hydrogen) atoms. The molecule has 1 aromatic heterocycles. The van der Waals surface area contributed by atoms with Crippen LogP contribution in [0.15, 0.2) is 71.7 Å². The summed E-state index contributed by atoms with van der Waals surface area (Å²) in [5.41, 5.74) is 19.8. The number of phenolic OH excluding ortho intramolecular Hbond substituents is 1. The fourth-order valence-electron chi connectivity index (χ4n) is 5.29. The molecule has 0 bridgehead atoms. The maximum Gasteiger partial charge on any atom is 0.254 e. The van der Waals surface area contributed by atoms with Gasteiger partial charge >= 0.3 is 0 Å². The predicted octanol–water partition coefficient (Wildman–Crippen LogP) is 2.59. The van der Waals surface area contributed by atoms with Crippen molar-refractivity contribution in [3.63, 3.8) is 0 Å². The normalized spacial score (nSPS) is 14.1. The van der Waals surface area contributed by atoms with Gasteiger partial charge in [-0.1, -0.05) is 12.1 Å². The number of fused-ring (bicyclic) bond motifs is 1. The first-order valence-corrected chi connectivity index (χ1v) is 13.7. The van der Waals surface area contributed by atoms with Crippen LogP contribution in [0.4, 0.5) is 10.1 Å². The van der Waals surface area contributed by atoms with Gasteiger partial charge in [0.1, 0.15) is 23.4 Å². The molecule has 1 aliphatic rings. The van der Waals surface area contributed by atoms with Crippen LogP contribution in [0.3, 0.4) is 0 Å². The highest BCUT2D eigenvalue weighted by Gasteiger charge is 2.27. The Labute approximate surface area is 242 Å². The zero-order valence-electron chi connectivity index (χ0n) is 23.0. The average Bonchev–Trinajstić information content (AvgIpc) is 3.35. The summed E-state index contributed by atoms with van der Waals surface area (Å²) in [5.74, 6) is -0.527. The van der Waals surface area contributed by atoms with Gasteiger partial charge in [0.15, 0.2) is 5.96 Å². The lowest BCUT2D eigenvalue weighted by molar-refractivity contribution is -0.121. The highest BCUT2D eigenvalue weighted by Crippen LogP contribution is 2.32. The number of nitrogens with two attached hydrogens (primary N) is 3. The van der Waals surface area contributed by atoms with E-state index in [0.717, 1.165) is 5.69 Å². The van der Waals surface area contributed by atoms with Crippen LogP contribution in [0.2, 0.25) is 0 Å². The van der Waals surface area contributed by atoms with Crippen LogP contribution >= 0.6 is 0 Å². The smallest absolute Gasteiger partial charge is 0.254 e. The molecule has 11 nitrogen and oxygen atoms in total. The van der Waals surface area contributed by atoms with Gasteiger partial charge in [0.2, 0.25) is 5.91 Å². The maximum atomic E-state index is 13.5. The molecule has 1 fully saturated rings. The van der Waals surface area contributed by atoms with E-state index in [1.807, 2.05) is 0 Å². The molecule has 3 aromatic carbocycles. The Balaban J connectivity index is 1.44. The standard InChI is InChI=1S/C30H33FN8O3/c31-21-7-9-22(10-8-21)37-13-15-38(16-14-37)29(42)20-6-11-25-24(18-20)36-28(19-3-1-4-23(40)17-19)39(25)26(27(32)41)5-2-12-35-30(33)34/h1,3-4,6-11,17-18,26,40H,2,5,12-16H2,(H2,32,41)(H4,33,34,35). The summed E-state index contributed by atoms with van der Waals surface area (Å²) in [5, 5.41) is 10.1. The first kappa shape index (κ1) is 28.4. The zero-order valence-corrected chi connectivity index (χ0v) is 23.0. The molecule has 0 radical (unpaired) electrons. The van der Waals surface area contributed by atoms with Crippen LogP contribution in [-0.4, -0.2) is 70.1 Å². The molecule has 0 spiro atoms. The minimum atomic E-state index is -0.775. The summed E-state index contributed by atoms with van der Waals surface area (Å²) in [6, 6.07) is 17.3. The fraction of sp³-hybridized carbons (Fsp3) is 0.267. The number of hydrogen-bond donors (Lipinski definition) is 4. The SMILES string of the molecule is NC(=O)C(CCCN=C(N)N)n1c(-c2cccc(O)c2)nc2cc(C(=O)N3CCN(c4ccc(F)cc4)CC3)ccc21. The van der Waals surface area contributed by atoms with Crippen molar-refractivity contribution in [3.05, 3.63) is 78.1 Å². The van der Waals surface area contributed by atoms with Crippen molar-refractivity contribution in [2.45, 2.75) is 18.9 Å². The third-order valence-corrected chi connectivity index (χ3v) is 7.37. The number of aliphatic imine (C=N–C) groups is 1. The van der Waals surface area contributed by atoms with Gasteiger partial charge in [-0.15, -0.1) is 0 Å². The number of primary amides is 1. The monoisotopic (exact) mass is 572 g/mol. The highest BCUT2D eigenvalue weighted by molar-refractivity contribution is 5.98. The molecule has 7 N–H and O–H groups in total. The average molecular weight is 573 g/mol. The second-order valence-electron chi connectivity index (χ2n) is 10.2. The Bertz CT molecular complexity index is 1620. The number of aromatic nitrogens is 2. The van der Waals surface area contributed by atoms with Crippen molar-refractivity contribution in [3.8, 4) is 17.1 Å². The van der Waals surface area contributed by atoms with Crippen LogP contribution in [0.25, 0.3) is 22.4 Å². The fourth-order valence-corrected chi connectivity index (χ4v) is 5.29. The molecule has 0 aliphatic carbocycles. The molecule has 1 atom stereocenters. The number of benzene rings is 3. The summed E-state index contributed by atoms with van der Waals surface area (Å²) < 4.78 is 15.1. The second kappa shape index (κ2) is 12.2. The van der Waals surface area contributed by atoms with Gasteiger partial charge < -0.3 is 36.7 Å². The maximum absolute atomic E-state index is 13.5. The minimum absolute atomic E-state index is 0.0341. The first-order chi connectivity index (χ1) is 20.2. The van der Waals surface area contributed by atoms with E-state index in [-0.39, 0.29) is 23.4 Å². The highest BCUT2D eigenvalue weighted by atomic mass is 19.1. The Morgan fingerprint density at radius 1 is 0.976 bits per heavy atom. The van der Waals surface area contributed by atoms with E-state index in [4.69, 9.17) is 22.2 Å². The Morgan fingerprint density at radius 2 is 1.71 bits per heavy atom. The number of halogens is 1.